The first kappa shape index (κ1) is 12.2. The first-order chi connectivity index (χ1) is 8.15. The van der Waals surface area contributed by atoms with E-state index >= 15 is 0 Å². The molecule has 0 bridgehead atoms. The van der Waals surface area contributed by atoms with Gasteiger partial charge < -0.3 is 16.2 Å². The van der Waals surface area contributed by atoms with Gasteiger partial charge in [0, 0.05) is 6.20 Å². The summed E-state index contributed by atoms with van der Waals surface area (Å²) >= 11 is 0. The zero-order valence-electron chi connectivity index (χ0n) is 10.3. The van der Waals surface area contributed by atoms with Gasteiger partial charge in [0.15, 0.2) is 0 Å². The number of aliphatic hydroxyl groups is 1. The van der Waals surface area contributed by atoms with Crippen LogP contribution in [0.5, 0.6) is 0 Å². The van der Waals surface area contributed by atoms with Crippen molar-refractivity contribution in [2.24, 2.45) is 5.92 Å². The van der Waals surface area contributed by atoms with Crippen LogP contribution in [-0.4, -0.2) is 22.2 Å². The van der Waals surface area contributed by atoms with E-state index in [1.54, 1.807) is 6.20 Å². The summed E-state index contributed by atoms with van der Waals surface area (Å²) in [5.74, 6) is 1.32. The normalized spacial score (nSPS) is 28.9. The first-order valence-corrected chi connectivity index (χ1v) is 6.25. The van der Waals surface area contributed by atoms with Gasteiger partial charge in [0.05, 0.1) is 17.8 Å². The van der Waals surface area contributed by atoms with Crippen molar-refractivity contribution >= 4 is 11.5 Å². The molecule has 0 spiro atoms. The molecular formula is C13H21N3O. The topological polar surface area (TPSA) is 71.2 Å². The molecule has 0 aromatic carbocycles. The molecule has 4 N–H and O–H groups in total. The summed E-state index contributed by atoms with van der Waals surface area (Å²) in [7, 11) is 0. The van der Waals surface area contributed by atoms with Crippen LogP contribution in [0.1, 0.15) is 32.6 Å². The van der Waals surface area contributed by atoms with Crippen molar-refractivity contribution in [3.63, 3.8) is 0 Å². The van der Waals surface area contributed by atoms with Crippen LogP contribution < -0.4 is 11.1 Å². The number of nitrogen functional groups attached to an aromatic ring is 1. The SMILES string of the molecule is CC1CCCC(CO)(Nc2ncccc2N)C1. The monoisotopic (exact) mass is 235 g/mol. The summed E-state index contributed by atoms with van der Waals surface area (Å²) < 4.78 is 0. The molecule has 1 aromatic rings. The van der Waals surface area contributed by atoms with E-state index in [1.807, 2.05) is 12.1 Å². The number of aliphatic hydroxyl groups excluding tert-OH is 1. The highest BCUT2D eigenvalue weighted by molar-refractivity contribution is 5.61. The van der Waals surface area contributed by atoms with Crippen molar-refractivity contribution in [3.8, 4) is 0 Å². The number of hydrogen-bond acceptors (Lipinski definition) is 4. The Bertz CT molecular complexity index is 383. The van der Waals surface area contributed by atoms with Crippen LogP contribution in [0.2, 0.25) is 0 Å². The molecule has 0 aliphatic heterocycles. The van der Waals surface area contributed by atoms with E-state index in [0.717, 1.165) is 19.3 Å². The summed E-state index contributed by atoms with van der Waals surface area (Å²) in [4.78, 5) is 4.24. The highest BCUT2D eigenvalue weighted by Gasteiger charge is 2.34. The molecule has 0 saturated heterocycles. The molecule has 2 atom stereocenters. The number of rotatable bonds is 3. The molecule has 1 heterocycles. The molecule has 1 fully saturated rings. The predicted molar refractivity (Wildman–Crippen MR) is 69.7 cm³/mol. The molecule has 1 aromatic heterocycles. The number of nitrogens with two attached hydrogens (primary N) is 1. The third kappa shape index (κ3) is 2.69. The van der Waals surface area contributed by atoms with E-state index in [2.05, 4.69) is 17.2 Å². The van der Waals surface area contributed by atoms with Crippen molar-refractivity contribution in [2.75, 3.05) is 17.7 Å². The van der Waals surface area contributed by atoms with Crippen molar-refractivity contribution < 1.29 is 5.11 Å². The lowest BCUT2D eigenvalue weighted by Crippen LogP contribution is -2.46. The van der Waals surface area contributed by atoms with Gasteiger partial charge in [-0.05, 0) is 30.9 Å². The number of hydrogen-bond donors (Lipinski definition) is 3. The fraction of sp³-hybridized carbons (Fsp3) is 0.615. The summed E-state index contributed by atoms with van der Waals surface area (Å²) in [6.45, 7) is 2.36. The Kier molecular flexibility index (Phi) is 3.52. The largest absolute Gasteiger partial charge is 0.396 e. The minimum Gasteiger partial charge on any atom is -0.396 e. The molecule has 1 aliphatic rings. The third-order valence-electron chi connectivity index (χ3n) is 3.62. The Hall–Kier alpha value is -1.29. The van der Waals surface area contributed by atoms with E-state index in [1.165, 1.54) is 6.42 Å². The molecule has 2 rings (SSSR count). The lowest BCUT2D eigenvalue weighted by molar-refractivity contribution is 0.149. The quantitative estimate of drug-likeness (QED) is 0.749. The Morgan fingerprint density at radius 3 is 3.12 bits per heavy atom. The Labute approximate surface area is 102 Å². The molecule has 17 heavy (non-hydrogen) atoms. The van der Waals surface area contributed by atoms with E-state index in [-0.39, 0.29) is 12.1 Å². The number of anilines is 2. The van der Waals surface area contributed by atoms with Crippen LogP contribution in [0.4, 0.5) is 11.5 Å². The fourth-order valence-corrected chi connectivity index (χ4v) is 2.73. The minimum absolute atomic E-state index is 0.132. The highest BCUT2D eigenvalue weighted by atomic mass is 16.3. The van der Waals surface area contributed by atoms with E-state index < -0.39 is 0 Å². The molecule has 94 valence electrons. The zero-order chi connectivity index (χ0) is 12.3. The van der Waals surface area contributed by atoms with Gasteiger partial charge in [-0.2, -0.15) is 0 Å². The Balaban J connectivity index is 2.17. The van der Waals surface area contributed by atoms with Crippen LogP contribution in [0.15, 0.2) is 18.3 Å². The highest BCUT2D eigenvalue weighted by Crippen LogP contribution is 2.35. The maximum atomic E-state index is 9.68. The smallest absolute Gasteiger partial charge is 0.149 e. The minimum atomic E-state index is -0.250. The van der Waals surface area contributed by atoms with Crippen LogP contribution >= 0.6 is 0 Å². The molecule has 1 aliphatic carbocycles. The number of nitrogens with one attached hydrogen (secondary N) is 1. The third-order valence-corrected chi connectivity index (χ3v) is 3.62. The van der Waals surface area contributed by atoms with Gasteiger partial charge in [0.25, 0.3) is 0 Å². The maximum Gasteiger partial charge on any atom is 0.149 e. The number of aromatic nitrogens is 1. The summed E-state index contributed by atoms with van der Waals surface area (Å²) in [6, 6.07) is 3.64. The standard InChI is InChI=1S/C13H21N3O/c1-10-4-2-6-13(8-10,9-17)16-12-11(14)5-3-7-15-12/h3,5,7,10,17H,2,4,6,8-9,14H2,1H3,(H,15,16). The van der Waals surface area contributed by atoms with Gasteiger partial charge in [-0.1, -0.05) is 19.8 Å². The lowest BCUT2D eigenvalue weighted by atomic mass is 9.77. The predicted octanol–water partition coefficient (Wildman–Crippen LogP) is 2.02. The van der Waals surface area contributed by atoms with Crippen molar-refractivity contribution in [2.45, 2.75) is 38.1 Å². The van der Waals surface area contributed by atoms with Gasteiger partial charge >= 0.3 is 0 Å². The lowest BCUT2D eigenvalue weighted by Gasteiger charge is -2.40. The van der Waals surface area contributed by atoms with Gasteiger partial charge in [0.2, 0.25) is 0 Å². The first-order valence-electron chi connectivity index (χ1n) is 6.25. The Morgan fingerprint density at radius 2 is 2.47 bits per heavy atom. The number of nitrogens with zero attached hydrogens (tertiary/aromatic N) is 1. The Morgan fingerprint density at radius 1 is 1.65 bits per heavy atom. The van der Waals surface area contributed by atoms with E-state index in [0.29, 0.717) is 17.4 Å². The van der Waals surface area contributed by atoms with Crippen LogP contribution in [0.3, 0.4) is 0 Å². The second kappa shape index (κ2) is 4.92. The van der Waals surface area contributed by atoms with Gasteiger partial charge in [-0.25, -0.2) is 4.98 Å². The number of pyridine rings is 1. The molecule has 1 saturated carbocycles. The second-order valence-corrected chi connectivity index (χ2v) is 5.21. The fourth-order valence-electron chi connectivity index (χ4n) is 2.73. The van der Waals surface area contributed by atoms with Crippen LogP contribution in [0.25, 0.3) is 0 Å². The van der Waals surface area contributed by atoms with Crippen LogP contribution in [-0.2, 0) is 0 Å². The van der Waals surface area contributed by atoms with Gasteiger partial charge in [-0.3, -0.25) is 0 Å². The molecule has 4 heteroatoms. The van der Waals surface area contributed by atoms with Crippen molar-refractivity contribution in [1.82, 2.24) is 4.98 Å². The van der Waals surface area contributed by atoms with E-state index in [9.17, 15) is 5.11 Å². The molecule has 0 amide bonds. The molecule has 4 nitrogen and oxygen atoms in total. The summed E-state index contributed by atoms with van der Waals surface area (Å²) in [6.07, 6.45) is 6.04. The van der Waals surface area contributed by atoms with Crippen molar-refractivity contribution in [3.05, 3.63) is 18.3 Å². The van der Waals surface area contributed by atoms with Gasteiger partial charge in [-0.15, -0.1) is 0 Å². The second-order valence-electron chi connectivity index (χ2n) is 5.21. The van der Waals surface area contributed by atoms with Crippen molar-refractivity contribution in [1.29, 1.82) is 0 Å². The summed E-state index contributed by atoms with van der Waals surface area (Å²) in [5.41, 5.74) is 6.27. The average Bonchev–Trinajstić information content (AvgIpc) is 2.32. The molecular weight excluding hydrogens is 214 g/mol. The van der Waals surface area contributed by atoms with Gasteiger partial charge in [0.1, 0.15) is 5.82 Å². The van der Waals surface area contributed by atoms with E-state index in [4.69, 9.17) is 5.73 Å². The molecule has 0 radical (unpaired) electrons. The maximum absolute atomic E-state index is 9.68. The zero-order valence-corrected chi connectivity index (χ0v) is 10.3. The summed E-state index contributed by atoms with van der Waals surface area (Å²) in [5, 5.41) is 13.0. The average molecular weight is 235 g/mol. The molecule has 2 unspecified atom stereocenters. The van der Waals surface area contributed by atoms with Crippen LogP contribution in [0, 0.1) is 5.92 Å².